The first-order valence-electron chi connectivity index (χ1n) is 12.3. The lowest BCUT2D eigenvalue weighted by Gasteiger charge is -2.36. The van der Waals surface area contributed by atoms with Gasteiger partial charge in [-0.2, -0.15) is 0 Å². The van der Waals surface area contributed by atoms with Crippen LogP contribution in [0.5, 0.6) is 0 Å². The van der Waals surface area contributed by atoms with Crippen LogP contribution >= 0.6 is 0 Å². The molecule has 5 aliphatic rings. The van der Waals surface area contributed by atoms with Gasteiger partial charge < -0.3 is 14.2 Å². The summed E-state index contributed by atoms with van der Waals surface area (Å²) < 4.78 is 19.1. The predicted octanol–water partition coefficient (Wildman–Crippen LogP) is 5.98. The lowest BCUT2D eigenvalue weighted by atomic mass is 9.70. The lowest BCUT2D eigenvalue weighted by molar-refractivity contribution is -0.138. The summed E-state index contributed by atoms with van der Waals surface area (Å²) in [4.78, 5) is 12.1. The number of carbonyl (C=O) groups excluding carboxylic acids is 1. The van der Waals surface area contributed by atoms with Gasteiger partial charge in [-0.1, -0.05) is 37.7 Å². The van der Waals surface area contributed by atoms with Gasteiger partial charge in [0, 0.05) is 30.9 Å². The summed E-state index contributed by atoms with van der Waals surface area (Å²) in [5, 5.41) is 0. The second kappa shape index (κ2) is 7.55. The maximum absolute atomic E-state index is 12.1. The normalized spacial score (nSPS) is 37.2. The van der Waals surface area contributed by atoms with E-state index in [1.807, 2.05) is 0 Å². The molecule has 4 nitrogen and oxygen atoms in total. The molecule has 0 aliphatic heterocycles. The molecule has 0 saturated heterocycles. The second-order valence-electron chi connectivity index (χ2n) is 9.68. The van der Waals surface area contributed by atoms with Gasteiger partial charge in [0.15, 0.2) is 0 Å². The summed E-state index contributed by atoms with van der Waals surface area (Å²) in [6.45, 7) is 7.05. The third-order valence-electron chi connectivity index (χ3n) is 8.23. The van der Waals surface area contributed by atoms with Crippen LogP contribution < -0.4 is 0 Å². The number of ether oxygens (including phenoxy) is 3. The van der Waals surface area contributed by atoms with Crippen molar-refractivity contribution in [2.75, 3.05) is 13.2 Å². The van der Waals surface area contributed by atoms with Crippen LogP contribution in [-0.2, 0) is 19.0 Å². The highest BCUT2D eigenvalue weighted by molar-refractivity contribution is 5.73. The maximum atomic E-state index is 12.1. The van der Waals surface area contributed by atoms with E-state index in [1.165, 1.54) is 68.8 Å². The van der Waals surface area contributed by atoms with E-state index in [0.29, 0.717) is 25.0 Å². The van der Waals surface area contributed by atoms with Crippen LogP contribution in [0.4, 0.5) is 0 Å². The standard InChI is InChI=1S/C26H36O4/c1-4-28-24-19-13-9-6-8-12-18(19)22-23(24)26(29-5-2)16-21(30-17(3)27)25(22)15-11-7-10-14-20(25)26/h16,19-20H,4-15H2,1-3H3/t19-,20-,25-,26+/m1/s1. The molecule has 5 rings (SSSR count). The molecular formula is C26H36O4. The van der Waals surface area contributed by atoms with Crippen molar-refractivity contribution in [3.05, 3.63) is 34.3 Å². The van der Waals surface area contributed by atoms with Gasteiger partial charge in [0.1, 0.15) is 17.1 Å². The molecule has 0 heterocycles. The topological polar surface area (TPSA) is 44.8 Å². The van der Waals surface area contributed by atoms with Gasteiger partial charge >= 0.3 is 5.97 Å². The fourth-order valence-electron chi connectivity index (χ4n) is 7.51. The minimum absolute atomic E-state index is 0.205. The van der Waals surface area contributed by atoms with Gasteiger partial charge in [-0.25, -0.2) is 0 Å². The number of carbonyl (C=O) groups is 1. The molecule has 3 saturated carbocycles. The Morgan fingerprint density at radius 3 is 2.60 bits per heavy atom. The molecule has 164 valence electrons. The number of esters is 1. The van der Waals surface area contributed by atoms with Crippen LogP contribution in [-0.4, -0.2) is 24.8 Å². The van der Waals surface area contributed by atoms with E-state index in [-0.39, 0.29) is 11.4 Å². The Kier molecular flexibility index (Phi) is 5.12. The van der Waals surface area contributed by atoms with Gasteiger partial charge in [-0.05, 0) is 57.6 Å². The Labute approximate surface area is 180 Å². The molecule has 3 fully saturated rings. The number of hydrogen-bond acceptors (Lipinski definition) is 4. The van der Waals surface area contributed by atoms with Crippen molar-refractivity contribution in [1.82, 2.24) is 0 Å². The van der Waals surface area contributed by atoms with E-state index in [0.717, 1.165) is 25.0 Å². The third kappa shape index (κ3) is 2.58. The average Bonchev–Trinajstić information content (AvgIpc) is 3.02. The largest absolute Gasteiger partial charge is 0.497 e. The van der Waals surface area contributed by atoms with E-state index >= 15 is 0 Å². The zero-order chi connectivity index (χ0) is 20.9. The molecule has 4 atom stereocenters. The molecular weight excluding hydrogens is 376 g/mol. The highest BCUT2D eigenvalue weighted by Crippen LogP contribution is 2.74. The first kappa shape index (κ1) is 20.4. The molecule has 0 N–H and O–H groups in total. The SMILES string of the molecule is CCOC1=C2C(=C3CCCCC[C@H]31)[C@]13CCCCC[C@H]1[C@@]2(OCC)C=C3OC(C)=O. The van der Waals surface area contributed by atoms with Crippen molar-refractivity contribution in [2.45, 2.75) is 90.6 Å². The van der Waals surface area contributed by atoms with Crippen molar-refractivity contribution in [1.29, 1.82) is 0 Å². The monoisotopic (exact) mass is 412 g/mol. The number of rotatable bonds is 5. The summed E-state index contributed by atoms with van der Waals surface area (Å²) in [7, 11) is 0. The number of allylic oxidation sites excluding steroid dienone is 2. The highest BCUT2D eigenvalue weighted by Gasteiger charge is 2.72. The molecule has 0 aromatic carbocycles. The van der Waals surface area contributed by atoms with Crippen molar-refractivity contribution in [2.24, 2.45) is 17.3 Å². The Morgan fingerprint density at radius 2 is 1.83 bits per heavy atom. The summed E-state index contributed by atoms with van der Waals surface area (Å²) in [5.41, 5.74) is 3.68. The van der Waals surface area contributed by atoms with Gasteiger partial charge in [-0.3, -0.25) is 4.79 Å². The molecule has 30 heavy (non-hydrogen) atoms. The third-order valence-corrected chi connectivity index (χ3v) is 8.23. The zero-order valence-corrected chi connectivity index (χ0v) is 18.9. The van der Waals surface area contributed by atoms with Crippen molar-refractivity contribution >= 4 is 5.97 Å². The summed E-state index contributed by atoms with van der Waals surface area (Å²) in [6, 6.07) is 0. The van der Waals surface area contributed by atoms with E-state index in [1.54, 1.807) is 5.57 Å². The molecule has 0 aromatic rings. The second-order valence-corrected chi connectivity index (χ2v) is 9.68. The maximum Gasteiger partial charge on any atom is 0.307 e. The molecule has 0 amide bonds. The Hall–Kier alpha value is -1.55. The number of fused-ring (bicyclic) bond motifs is 3. The van der Waals surface area contributed by atoms with Crippen LogP contribution in [0.15, 0.2) is 34.3 Å². The minimum Gasteiger partial charge on any atom is -0.497 e. The molecule has 0 unspecified atom stereocenters. The minimum atomic E-state index is -0.497. The molecule has 4 heteroatoms. The Balaban J connectivity index is 1.79. The molecule has 0 spiro atoms. The van der Waals surface area contributed by atoms with Crippen LogP contribution in [0.1, 0.15) is 85.0 Å². The van der Waals surface area contributed by atoms with Crippen LogP contribution in [0, 0.1) is 17.3 Å². The van der Waals surface area contributed by atoms with E-state index < -0.39 is 5.60 Å². The van der Waals surface area contributed by atoms with Crippen molar-refractivity contribution in [3.8, 4) is 0 Å². The molecule has 0 radical (unpaired) electrons. The first-order valence-corrected chi connectivity index (χ1v) is 12.3. The van der Waals surface area contributed by atoms with Gasteiger partial charge in [0.2, 0.25) is 0 Å². The summed E-state index contributed by atoms with van der Waals surface area (Å²) in [6.07, 6.45) is 14.1. The summed E-state index contributed by atoms with van der Waals surface area (Å²) in [5.74, 6) is 2.56. The predicted molar refractivity (Wildman–Crippen MR) is 115 cm³/mol. The van der Waals surface area contributed by atoms with Crippen LogP contribution in [0.3, 0.4) is 0 Å². The molecule has 0 aromatic heterocycles. The molecule has 2 bridgehead atoms. The highest BCUT2D eigenvalue weighted by atomic mass is 16.5. The zero-order valence-electron chi connectivity index (χ0n) is 18.9. The van der Waals surface area contributed by atoms with Crippen molar-refractivity contribution < 1.29 is 19.0 Å². The van der Waals surface area contributed by atoms with Gasteiger partial charge in [0.05, 0.1) is 12.0 Å². The average molecular weight is 413 g/mol. The lowest BCUT2D eigenvalue weighted by Crippen LogP contribution is -2.38. The Morgan fingerprint density at radius 1 is 1.03 bits per heavy atom. The first-order chi connectivity index (χ1) is 14.6. The van der Waals surface area contributed by atoms with Crippen LogP contribution in [0.25, 0.3) is 0 Å². The fourth-order valence-corrected chi connectivity index (χ4v) is 7.51. The van der Waals surface area contributed by atoms with E-state index in [2.05, 4.69) is 19.9 Å². The number of hydrogen-bond donors (Lipinski definition) is 0. The van der Waals surface area contributed by atoms with Crippen LogP contribution in [0.2, 0.25) is 0 Å². The fraction of sp³-hybridized carbons (Fsp3) is 0.731. The molecule has 5 aliphatic carbocycles. The van der Waals surface area contributed by atoms with Crippen molar-refractivity contribution in [3.63, 3.8) is 0 Å². The smallest absolute Gasteiger partial charge is 0.307 e. The van der Waals surface area contributed by atoms with E-state index in [4.69, 9.17) is 14.2 Å². The van der Waals surface area contributed by atoms with E-state index in [9.17, 15) is 4.79 Å². The Bertz CT molecular complexity index is 834. The van der Waals surface area contributed by atoms with Gasteiger partial charge in [-0.15, -0.1) is 0 Å². The quantitative estimate of drug-likeness (QED) is 0.521. The summed E-state index contributed by atoms with van der Waals surface area (Å²) >= 11 is 0. The van der Waals surface area contributed by atoms with Gasteiger partial charge in [0.25, 0.3) is 0 Å².